The van der Waals surface area contributed by atoms with Crippen LogP contribution in [0.5, 0.6) is 0 Å². The Kier molecular flexibility index (Phi) is 4.60. The molecule has 5 nitrogen and oxygen atoms in total. The van der Waals surface area contributed by atoms with Gasteiger partial charge in [-0.05, 0) is 24.6 Å². The van der Waals surface area contributed by atoms with E-state index in [0.29, 0.717) is 5.56 Å². The Morgan fingerprint density at radius 3 is 2.43 bits per heavy atom. The van der Waals surface area contributed by atoms with E-state index in [0.717, 1.165) is 12.3 Å². The molecule has 2 rings (SSSR count). The number of hydrogen-bond donors (Lipinski definition) is 1. The normalized spacial score (nSPS) is 12.2. The molecule has 0 saturated carbocycles. The molecule has 0 aliphatic carbocycles. The number of benzene rings is 1. The van der Waals surface area contributed by atoms with Gasteiger partial charge in [0.2, 0.25) is 5.95 Å². The Morgan fingerprint density at radius 1 is 1.17 bits per heavy atom. The first-order valence-electron chi connectivity index (χ1n) is 6.52. The zero-order chi connectivity index (χ0) is 17.3. The standard InChI is InChI=1S/C14H14F3N3O2S/c1-9-7-12(14(15,16)17)20-13(19-9)18-8-10-5-3-4-6-11(10)23(2,21)22/h3-7H,8H2,1-2H3,(H,18,19,20). The lowest BCUT2D eigenvalue weighted by Gasteiger charge is -2.12. The number of halogens is 3. The Morgan fingerprint density at radius 2 is 1.83 bits per heavy atom. The molecule has 0 unspecified atom stereocenters. The predicted octanol–water partition coefficient (Wildman–Crippen LogP) is 2.82. The Labute approximate surface area is 131 Å². The lowest BCUT2D eigenvalue weighted by molar-refractivity contribution is -0.141. The number of nitrogens with one attached hydrogen (secondary N) is 1. The summed E-state index contributed by atoms with van der Waals surface area (Å²) in [6.45, 7) is 1.41. The Balaban J connectivity index is 2.28. The highest BCUT2D eigenvalue weighted by atomic mass is 32.2. The number of sulfone groups is 1. The average molecular weight is 345 g/mol. The van der Waals surface area contributed by atoms with Crippen molar-refractivity contribution in [3.05, 3.63) is 47.3 Å². The smallest absolute Gasteiger partial charge is 0.350 e. The van der Waals surface area contributed by atoms with Crippen LogP contribution in [0.1, 0.15) is 17.0 Å². The zero-order valence-corrected chi connectivity index (χ0v) is 13.2. The number of rotatable bonds is 4. The molecule has 9 heteroatoms. The first kappa shape index (κ1) is 17.2. The average Bonchev–Trinajstić information content (AvgIpc) is 2.43. The van der Waals surface area contributed by atoms with Gasteiger partial charge in [-0.2, -0.15) is 13.2 Å². The molecule has 1 N–H and O–H groups in total. The minimum absolute atomic E-state index is 0.00993. The number of aryl methyl sites for hydroxylation is 1. The number of anilines is 1. The van der Waals surface area contributed by atoms with Crippen LogP contribution in [0.2, 0.25) is 0 Å². The molecular weight excluding hydrogens is 331 g/mol. The molecule has 0 atom stereocenters. The molecule has 23 heavy (non-hydrogen) atoms. The van der Waals surface area contributed by atoms with Crippen molar-refractivity contribution in [2.24, 2.45) is 0 Å². The summed E-state index contributed by atoms with van der Waals surface area (Å²) < 4.78 is 61.6. The summed E-state index contributed by atoms with van der Waals surface area (Å²) in [5.74, 6) is -0.208. The third-order valence-electron chi connectivity index (χ3n) is 2.95. The minimum atomic E-state index is -4.57. The molecule has 124 valence electrons. The predicted molar refractivity (Wildman–Crippen MR) is 78.6 cm³/mol. The summed E-state index contributed by atoms with van der Waals surface area (Å²) in [4.78, 5) is 7.41. The highest BCUT2D eigenvalue weighted by molar-refractivity contribution is 7.90. The van der Waals surface area contributed by atoms with Crippen LogP contribution in [-0.4, -0.2) is 24.6 Å². The quantitative estimate of drug-likeness (QED) is 0.922. The molecule has 1 aromatic heterocycles. The largest absolute Gasteiger partial charge is 0.433 e. The molecule has 0 aliphatic rings. The van der Waals surface area contributed by atoms with Gasteiger partial charge in [0.1, 0.15) is 5.69 Å². The van der Waals surface area contributed by atoms with Crippen molar-refractivity contribution in [2.45, 2.75) is 24.5 Å². The van der Waals surface area contributed by atoms with E-state index >= 15 is 0 Å². The lowest BCUT2D eigenvalue weighted by Crippen LogP contribution is -2.13. The summed E-state index contributed by atoms with van der Waals surface area (Å²) >= 11 is 0. The Bertz CT molecular complexity index is 820. The van der Waals surface area contributed by atoms with Crippen LogP contribution in [0.15, 0.2) is 35.2 Å². The second-order valence-electron chi connectivity index (χ2n) is 4.95. The van der Waals surface area contributed by atoms with Gasteiger partial charge in [0.15, 0.2) is 9.84 Å². The maximum absolute atomic E-state index is 12.7. The van der Waals surface area contributed by atoms with Crippen molar-refractivity contribution in [3.63, 3.8) is 0 Å². The number of nitrogens with zero attached hydrogens (tertiary/aromatic N) is 2. The van der Waals surface area contributed by atoms with Crippen molar-refractivity contribution in [1.82, 2.24) is 9.97 Å². The highest BCUT2D eigenvalue weighted by Gasteiger charge is 2.33. The SMILES string of the molecule is Cc1cc(C(F)(F)F)nc(NCc2ccccc2S(C)(=O)=O)n1. The van der Waals surface area contributed by atoms with Crippen LogP contribution in [0.4, 0.5) is 19.1 Å². The summed E-state index contributed by atoms with van der Waals surface area (Å²) in [5, 5.41) is 2.64. The van der Waals surface area contributed by atoms with Gasteiger partial charge in [-0.1, -0.05) is 18.2 Å². The van der Waals surface area contributed by atoms with Gasteiger partial charge in [0.05, 0.1) is 4.90 Å². The van der Waals surface area contributed by atoms with Crippen LogP contribution < -0.4 is 5.32 Å². The van der Waals surface area contributed by atoms with Gasteiger partial charge in [-0.15, -0.1) is 0 Å². The fourth-order valence-corrected chi connectivity index (χ4v) is 2.92. The van der Waals surface area contributed by atoms with Crippen LogP contribution >= 0.6 is 0 Å². The van der Waals surface area contributed by atoms with Crippen LogP contribution in [0.25, 0.3) is 0 Å². The van der Waals surface area contributed by atoms with Crippen molar-refractivity contribution in [2.75, 3.05) is 11.6 Å². The van der Waals surface area contributed by atoms with E-state index in [1.165, 1.54) is 13.0 Å². The highest BCUT2D eigenvalue weighted by Crippen LogP contribution is 2.28. The summed E-state index contributed by atoms with van der Waals surface area (Å²) in [6.07, 6.45) is -3.51. The Hall–Kier alpha value is -2.16. The minimum Gasteiger partial charge on any atom is -0.350 e. The monoisotopic (exact) mass is 345 g/mol. The summed E-state index contributed by atoms with van der Waals surface area (Å²) in [5.41, 5.74) is -0.469. The van der Waals surface area contributed by atoms with E-state index < -0.39 is 21.7 Å². The van der Waals surface area contributed by atoms with E-state index in [1.807, 2.05) is 0 Å². The number of hydrogen-bond acceptors (Lipinski definition) is 5. The first-order valence-corrected chi connectivity index (χ1v) is 8.41. The van der Waals surface area contributed by atoms with E-state index in [9.17, 15) is 21.6 Å². The van der Waals surface area contributed by atoms with Crippen LogP contribution in [-0.2, 0) is 22.6 Å². The number of aromatic nitrogens is 2. The van der Waals surface area contributed by atoms with Crippen molar-refractivity contribution < 1.29 is 21.6 Å². The van der Waals surface area contributed by atoms with Gasteiger partial charge in [-0.3, -0.25) is 0 Å². The molecule has 0 fully saturated rings. The van der Waals surface area contributed by atoms with Gasteiger partial charge < -0.3 is 5.32 Å². The third-order valence-corrected chi connectivity index (χ3v) is 4.15. The molecule has 0 radical (unpaired) electrons. The molecular formula is C14H14F3N3O2S. The fraction of sp³-hybridized carbons (Fsp3) is 0.286. The first-order chi connectivity index (χ1) is 10.6. The third kappa shape index (κ3) is 4.41. The molecule has 0 bridgehead atoms. The summed E-state index contributed by atoms with van der Waals surface area (Å²) in [7, 11) is -3.44. The van der Waals surface area contributed by atoms with Crippen LogP contribution in [0, 0.1) is 6.92 Å². The molecule has 0 aliphatic heterocycles. The molecule has 0 saturated heterocycles. The van der Waals surface area contributed by atoms with E-state index in [1.54, 1.807) is 18.2 Å². The van der Waals surface area contributed by atoms with Crippen molar-refractivity contribution in [1.29, 1.82) is 0 Å². The lowest BCUT2D eigenvalue weighted by atomic mass is 10.2. The zero-order valence-electron chi connectivity index (χ0n) is 12.3. The molecule has 1 aromatic carbocycles. The van der Waals surface area contributed by atoms with Gasteiger partial charge >= 0.3 is 6.18 Å². The van der Waals surface area contributed by atoms with Crippen LogP contribution in [0.3, 0.4) is 0 Å². The van der Waals surface area contributed by atoms with Gasteiger partial charge in [0.25, 0.3) is 0 Å². The fourth-order valence-electron chi connectivity index (χ4n) is 1.98. The van der Waals surface area contributed by atoms with E-state index in [2.05, 4.69) is 15.3 Å². The molecule has 1 heterocycles. The van der Waals surface area contributed by atoms with E-state index in [4.69, 9.17) is 0 Å². The maximum Gasteiger partial charge on any atom is 0.433 e. The number of alkyl halides is 3. The van der Waals surface area contributed by atoms with Crippen molar-refractivity contribution >= 4 is 15.8 Å². The van der Waals surface area contributed by atoms with Gasteiger partial charge in [-0.25, -0.2) is 18.4 Å². The molecule has 0 spiro atoms. The summed E-state index contributed by atoms with van der Waals surface area (Å²) in [6, 6.07) is 7.07. The molecule has 0 amide bonds. The van der Waals surface area contributed by atoms with E-state index in [-0.39, 0.29) is 23.1 Å². The maximum atomic E-state index is 12.7. The van der Waals surface area contributed by atoms with Crippen molar-refractivity contribution in [3.8, 4) is 0 Å². The topological polar surface area (TPSA) is 72.0 Å². The molecule has 2 aromatic rings. The van der Waals surface area contributed by atoms with Gasteiger partial charge in [0, 0.05) is 18.5 Å². The second kappa shape index (κ2) is 6.15. The second-order valence-corrected chi connectivity index (χ2v) is 6.93.